The molecule has 0 spiro atoms. The summed E-state index contributed by atoms with van der Waals surface area (Å²) >= 11 is 0. The molecule has 0 rings (SSSR count). The molecule has 0 aromatic heterocycles. The van der Waals surface area contributed by atoms with Crippen LogP contribution in [0.3, 0.4) is 0 Å². The first-order valence-corrected chi connectivity index (χ1v) is 6.07. The van der Waals surface area contributed by atoms with E-state index < -0.39 is 0 Å². The first kappa shape index (κ1) is 14.4. The number of amides is 1. The highest BCUT2D eigenvalue weighted by atomic mass is 16.5. The molecule has 1 amide bonds. The largest absolute Gasteiger partial charge is 0.385 e. The van der Waals surface area contributed by atoms with Crippen molar-refractivity contribution in [3.05, 3.63) is 0 Å². The van der Waals surface area contributed by atoms with Crippen LogP contribution in [0.4, 0.5) is 0 Å². The summed E-state index contributed by atoms with van der Waals surface area (Å²) in [5.74, 6) is 0.198. The zero-order valence-electron chi connectivity index (χ0n) is 10.2. The molecule has 0 aliphatic heterocycles. The fourth-order valence-electron chi connectivity index (χ4n) is 1.40. The summed E-state index contributed by atoms with van der Waals surface area (Å²) in [6.45, 7) is 3.81. The first-order valence-electron chi connectivity index (χ1n) is 6.07. The summed E-state index contributed by atoms with van der Waals surface area (Å²) in [5, 5.41) is 2.94. The van der Waals surface area contributed by atoms with E-state index in [9.17, 15) is 4.79 Å². The third-order valence-electron chi connectivity index (χ3n) is 2.35. The minimum Gasteiger partial charge on any atom is -0.385 e. The molecule has 3 heteroatoms. The van der Waals surface area contributed by atoms with Gasteiger partial charge in [-0.15, -0.1) is 0 Å². The van der Waals surface area contributed by atoms with E-state index >= 15 is 0 Å². The second-order valence-electron chi connectivity index (χ2n) is 3.86. The molecule has 0 radical (unpaired) electrons. The Hall–Kier alpha value is -0.570. The normalized spacial score (nSPS) is 10.3. The van der Waals surface area contributed by atoms with Crippen molar-refractivity contribution in [3.8, 4) is 0 Å². The van der Waals surface area contributed by atoms with Crippen LogP contribution in [0.25, 0.3) is 0 Å². The molecule has 0 heterocycles. The van der Waals surface area contributed by atoms with Gasteiger partial charge in [-0.05, 0) is 19.3 Å². The lowest BCUT2D eigenvalue weighted by Crippen LogP contribution is -2.23. The van der Waals surface area contributed by atoms with E-state index in [1.54, 1.807) is 7.11 Å². The lowest BCUT2D eigenvalue weighted by molar-refractivity contribution is -0.121. The Bertz CT molecular complexity index is 149. The number of hydrogen-bond acceptors (Lipinski definition) is 2. The van der Waals surface area contributed by atoms with Gasteiger partial charge in [0, 0.05) is 26.7 Å². The number of methoxy groups -OCH3 is 1. The molecule has 0 saturated heterocycles. The third-order valence-corrected chi connectivity index (χ3v) is 2.35. The van der Waals surface area contributed by atoms with Gasteiger partial charge in [-0.2, -0.15) is 0 Å². The SMILES string of the molecule is CCCCCNC(=O)CCCCCOC. The van der Waals surface area contributed by atoms with Crippen molar-refractivity contribution in [2.45, 2.75) is 51.9 Å². The van der Waals surface area contributed by atoms with Crippen LogP contribution in [0, 0.1) is 0 Å². The molecule has 0 atom stereocenters. The molecule has 90 valence electrons. The van der Waals surface area contributed by atoms with Crippen molar-refractivity contribution in [2.24, 2.45) is 0 Å². The van der Waals surface area contributed by atoms with Crippen LogP contribution in [0.15, 0.2) is 0 Å². The summed E-state index contributed by atoms with van der Waals surface area (Å²) in [5.41, 5.74) is 0. The number of hydrogen-bond donors (Lipinski definition) is 1. The van der Waals surface area contributed by atoms with Crippen LogP contribution in [0.2, 0.25) is 0 Å². The Morgan fingerprint density at radius 3 is 2.60 bits per heavy atom. The van der Waals surface area contributed by atoms with Crippen LogP contribution in [0.1, 0.15) is 51.9 Å². The van der Waals surface area contributed by atoms with Crippen molar-refractivity contribution in [3.63, 3.8) is 0 Å². The van der Waals surface area contributed by atoms with Gasteiger partial charge >= 0.3 is 0 Å². The monoisotopic (exact) mass is 215 g/mol. The Balaban J connectivity index is 3.11. The number of rotatable bonds is 10. The lowest BCUT2D eigenvalue weighted by Gasteiger charge is -2.04. The van der Waals surface area contributed by atoms with Crippen LogP contribution >= 0.6 is 0 Å². The highest BCUT2D eigenvalue weighted by Gasteiger charge is 1.99. The Morgan fingerprint density at radius 2 is 1.93 bits per heavy atom. The average Bonchev–Trinajstić information content (AvgIpc) is 2.24. The molecule has 0 fully saturated rings. The van der Waals surface area contributed by atoms with Crippen LogP contribution in [-0.4, -0.2) is 26.2 Å². The smallest absolute Gasteiger partial charge is 0.219 e. The van der Waals surface area contributed by atoms with Gasteiger partial charge in [0.15, 0.2) is 0 Å². The molecular weight excluding hydrogens is 190 g/mol. The molecule has 0 aromatic carbocycles. The van der Waals surface area contributed by atoms with E-state index in [0.29, 0.717) is 6.42 Å². The van der Waals surface area contributed by atoms with Gasteiger partial charge in [0.25, 0.3) is 0 Å². The Kier molecular flexibility index (Phi) is 11.1. The fraction of sp³-hybridized carbons (Fsp3) is 0.917. The van der Waals surface area contributed by atoms with E-state index in [2.05, 4.69) is 12.2 Å². The molecule has 0 aromatic rings. The summed E-state index contributed by atoms with van der Waals surface area (Å²) < 4.78 is 4.94. The molecule has 0 unspecified atom stereocenters. The first-order chi connectivity index (χ1) is 7.31. The predicted octanol–water partition coefficient (Wildman–Crippen LogP) is 2.50. The van der Waals surface area contributed by atoms with Gasteiger partial charge in [-0.25, -0.2) is 0 Å². The highest BCUT2D eigenvalue weighted by Crippen LogP contribution is 2.00. The van der Waals surface area contributed by atoms with E-state index in [0.717, 1.165) is 38.8 Å². The number of carbonyl (C=O) groups excluding carboxylic acids is 1. The topological polar surface area (TPSA) is 38.3 Å². The van der Waals surface area contributed by atoms with Crippen molar-refractivity contribution >= 4 is 5.91 Å². The second-order valence-corrected chi connectivity index (χ2v) is 3.86. The quantitative estimate of drug-likeness (QED) is 0.569. The molecule has 0 bridgehead atoms. The molecule has 3 nitrogen and oxygen atoms in total. The van der Waals surface area contributed by atoms with Crippen molar-refractivity contribution in [2.75, 3.05) is 20.3 Å². The van der Waals surface area contributed by atoms with Crippen molar-refractivity contribution in [1.82, 2.24) is 5.32 Å². The van der Waals surface area contributed by atoms with Gasteiger partial charge in [0.2, 0.25) is 5.91 Å². The molecule has 15 heavy (non-hydrogen) atoms. The zero-order valence-corrected chi connectivity index (χ0v) is 10.2. The summed E-state index contributed by atoms with van der Waals surface area (Å²) in [6, 6.07) is 0. The third kappa shape index (κ3) is 11.4. The maximum atomic E-state index is 11.3. The molecule has 0 saturated carbocycles. The van der Waals surface area contributed by atoms with E-state index in [-0.39, 0.29) is 5.91 Å². The number of carbonyl (C=O) groups is 1. The van der Waals surface area contributed by atoms with Crippen LogP contribution in [0.5, 0.6) is 0 Å². The molecular formula is C12H25NO2. The van der Waals surface area contributed by atoms with Gasteiger partial charge in [0.05, 0.1) is 0 Å². The van der Waals surface area contributed by atoms with Gasteiger partial charge in [-0.1, -0.05) is 26.2 Å². The number of unbranched alkanes of at least 4 members (excludes halogenated alkanes) is 4. The number of nitrogens with one attached hydrogen (secondary N) is 1. The minimum atomic E-state index is 0.198. The Labute approximate surface area is 93.6 Å². The van der Waals surface area contributed by atoms with Crippen molar-refractivity contribution < 1.29 is 9.53 Å². The highest BCUT2D eigenvalue weighted by molar-refractivity contribution is 5.75. The van der Waals surface area contributed by atoms with Crippen molar-refractivity contribution in [1.29, 1.82) is 0 Å². The molecule has 0 aliphatic carbocycles. The summed E-state index contributed by atoms with van der Waals surface area (Å²) in [4.78, 5) is 11.3. The summed E-state index contributed by atoms with van der Waals surface area (Å²) in [7, 11) is 1.71. The standard InChI is InChI=1S/C12H25NO2/c1-3-4-7-10-13-12(14)9-6-5-8-11-15-2/h3-11H2,1-2H3,(H,13,14). The average molecular weight is 215 g/mol. The van der Waals surface area contributed by atoms with Gasteiger partial charge in [0.1, 0.15) is 0 Å². The number of ether oxygens (including phenoxy) is 1. The van der Waals surface area contributed by atoms with Gasteiger partial charge < -0.3 is 10.1 Å². The van der Waals surface area contributed by atoms with E-state index in [4.69, 9.17) is 4.74 Å². The molecule has 1 N–H and O–H groups in total. The predicted molar refractivity (Wildman–Crippen MR) is 62.9 cm³/mol. The lowest BCUT2D eigenvalue weighted by atomic mass is 10.2. The van der Waals surface area contributed by atoms with E-state index in [1.165, 1.54) is 12.8 Å². The maximum Gasteiger partial charge on any atom is 0.219 e. The van der Waals surface area contributed by atoms with Crippen LogP contribution < -0.4 is 5.32 Å². The summed E-state index contributed by atoms with van der Waals surface area (Å²) in [6.07, 6.45) is 7.28. The minimum absolute atomic E-state index is 0.198. The molecule has 0 aliphatic rings. The zero-order chi connectivity index (χ0) is 11.4. The van der Waals surface area contributed by atoms with Gasteiger partial charge in [-0.3, -0.25) is 4.79 Å². The van der Waals surface area contributed by atoms with Crippen LogP contribution in [-0.2, 0) is 9.53 Å². The second kappa shape index (κ2) is 11.5. The van der Waals surface area contributed by atoms with E-state index in [1.807, 2.05) is 0 Å². The maximum absolute atomic E-state index is 11.3. The fourth-order valence-corrected chi connectivity index (χ4v) is 1.40. The Morgan fingerprint density at radius 1 is 1.13 bits per heavy atom.